The Balaban J connectivity index is 1.71. The van der Waals surface area contributed by atoms with E-state index in [0.29, 0.717) is 24.3 Å². The summed E-state index contributed by atoms with van der Waals surface area (Å²) in [6, 6.07) is 2.38. The molecule has 90 valence electrons. The van der Waals surface area contributed by atoms with Gasteiger partial charge in [-0.05, 0) is 32.8 Å². The van der Waals surface area contributed by atoms with Gasteiger partial charge in [0.05, 0.1) is 12.1 Å². The van der Waals surface area contributed by atoms with Crippen molar-refractivity contribution >= 4 is 0 Å². The first kappa shape index (κ1) is 10.5. The third-order valence-corrected chi connectivity index (χ3v) is 2.95. The van der Waals surface area contributed by atoms with Crippen LogP contribution in [-0.2, 0) is 6.42 Å². The quantitative estimate of drug-likeness (QED) is 0.811. The molecule has 0 N–H and O–H groups in total. The Labute approximate surface area is 99.8 Å². The molecule has 5 nitrogen and oxygen atoms in total. The van der Waals surface area contributed by atoms with Gasteiger partial charge < -0.3 is 4.52 Å². The van der Waals surface area contributed by atoms with Crippen LogP contribution in [0.1, 0.15) is 56.1 Å². The zero-order valence-corrected chi connectivity index (χ0v) is 10.1. The molecule has 1 fully saturated rings. The lowest BCUT2D eigenvalue weighted by Gasteiger charge is -2.02. The van der Waals surface area contributed by atoms with E-state index in [-0.39, 0.29) is 0 Å². The molecule has 0 radical (unpaired) electrons. The van der Waals surface area contributed by atoms with Gasteiger partial charge in [-0.15, -0.1) is 0 Å². The van der Waals surface area contributed by atoms with Crippen LogP contribution < -0.4 is 0 Å². The molecule has 2 aromatic rings. The van der Waals surface area contributed by atoms with Gasteiger partial charge in [0.2, 0.25) is 5.89 Å². The maximum absolute atomic E-state index is 5.23. The van der Waals surface area contributed by atoms with Crippen molar-refractivity contribution in [2.75, 3.05) is 0 Å². The molecule has 0 saturated heterocycles. The number of nitrogens with zero attached hydrogens (tertiary/aromatic N) is 4. The second-order valence-electron chi connectivity index (χ2n) is 4.88. The van der Waals surface area contributed by atoms with Crippen LogP contribution in [0.5, 0.6) is 0 Å². The third kappa shape index (κ3) is 2.23. The SMILES string of the molecule is CC(C)n1ccc(Cc2nc(C3CC3)no2)n1. The summed E-state index contributed by atoms with van der Waals surface area (Å²) in [5.41, 5.74) is 0.977. The van der Waals surface area contributed by atoms with E-state index < -0.39 is 0 Å². The Kier molecular flexibility index (Phi) is 2.46. The van der Waals surface area contributed by atoms with Gasteiger partial charge in [0, 0.05) is 18.2 Å². The molecule has 0 amide bonds. The highest BCUT2D eigenvalue weighted by atomic mass is 16.5. The normalized spacial score (nSPS) is 15.7. The van der Waals surface area contributed by atoms with Gasteiger partial charge in [0.1, 0.15) is 0 Å². The Hall–Kier alpha value is -1.65. The molecule has 0 spiro atoms. The van der Waals surface area contributed by atoms with E-state index >= 15 is 0 Å². The molecular formula is C12H16N4O. The van der Waals surface area contributed by atoms with Gasteiger partial charge in [0.15, 0.2) is 5.82 Å². The van der Waals surface area contributed by atoms with Gasteiger partial charge in [0.25, 0.3) is 0 Å². The molecule has 3 rings (SSSR count). The van der Waals surface area contributed by atoms with Crippen molar-refractivity contribution in [2.24, 2.45) is 0 Å². The first-order valence-electron chi connectivity index (χ1n) is 6.09. The average Bonchev–Trinajstić information content (AvgIpc) is 2.87. The van der Waals surface area contributed by atoms with Gasteiger partial charge in [-0.1, -0.05) is 5.16 Å². The van der Waals surface area contributed by atoms with E-state index in [0.717, 1.165) is 11.5 Å². The van der Waals surface area contributed by atoms with Crippen molar-refractivity contribution in [3.63, 3.8) is 0 Å². The van der Waals surface area contributed by atoms with Crippen LogP contribution in [-0.4, -0.2) is 19.9 Å². The lowest BCUT2D eigenvalue weighted by atomic mass is 10.3. The summed E-state index contributed by atoms with van der Waals surface area (Å²) < 4.78 is 7.17. The van der Waals surface area contributed by atoms with Crippen LogP contribution in [0.25, 0.3) is 0 Å². The van der Waals surface area contributed by atoms with E-state index in [4.69, 9.17) is 4.52 Å². The van der Waals surface area contributed by atoms with E-state index in [1.54, 1.807) is 0 Å². The molecule has 0 unspecified atom stereocenters. The monoisotopic (exact) mass is 232 g/mol. The Morgan fingerprint density at radius 3 is 2.94 bits per heavy atom. The summed E-state index contributed by atoms with van der Waals surface area (Å²) in [5.74, 6) is 2.07. The standard InChI is InChI=1S/C12H16N4O/c1-8(2)16-6-5-10(14-16)7-11-13-12(15-17-11)9-3-4-9/h5-6,8-9H,3-4,7H2,1-2H3. The van der Waals surface area contributed by atoms with Gasteiger partial charge in [-0.3, -0.25) is 4.68 Å². The van der Waals surface area contributed by atoms with Crippen molar-refractivity contribution in [3.8, 4) is 0 Å². The first-order chi connectivity index (χ1) is 8.22. The summed E-state index contributed by atoms with van der Waals surface area (Å²) in [4.78, 5) is 4.39. The fourth-order valence-corrected chi connectivity index (χ4v) is 1.76. The fraction of sp³-hybridized carbons (Fsp3) is 0.583. The number of aromatic nitrogens is 4. The van der Waals surface area contributed by atoms with Crippen LogP contribution in [0.2, 0.25) is 0 Å². The predicted octanol–water partition coefficient (Wildman–Crippen LogP) is 2.32. The maximum Gasteiger partial charge on any atom is 0.232 e. The molecule has 5 heteroatoms. The Morgan fingerprint density at radius 2 is 2.29 bits per heavy atom. The van der Waals surface area contributed by atoms with Crippen molar-refractivity contribution in [3.05, 3.63) is 29.7 Å². The molecule has 0 aliphatic heterocycles. The van der Waals surface area contributed by atoms with Gasteiger partial charge in [-0.2, -0.15) is 10.1 Å². The van der Waals surface area contributed by atoms with Gasteiger partial charge >= 0.3 is 0 Å². The first-order valence-corrected chi connectivity index (χ1v) is 6.09. The minimum absolute atomic E-state index is 0.383. The van der Waals surface area contributed by atoms with Crippen molar-refractivity contribution in [2.45, 2.75) is 45.1 Å². The molecule has 1 aliphatic carbocycles. The predicted molar refractivity (Wildman–Crippen MR) is 61.7 cm³/mol. The van der Waals surface area contributed by atoms with Crippen LogP contribution in [0, 0.1) is 0 Å². The van der Waals surface area contributed by atoms with Crippen molar-refractivity contribution in [1.82, 2.24) is 19.9 Å². The van der Waals surface area contributed by atoms with Crippen LogP contribution in [0.15, 0.2) is 16.8 Å². The third-order valence-electron chi connectivity index (χ3n) is 2.95. The Morgan fingerprint density at radius 1 is 1.47 bits per heavy atom. The molecule has 0 aromatic carbocycles. The molecule has 1 aliphatic rings. The highest BCUT2D eigenvalue weighted by Gasteiger charge is 2.28. The lowest BCUT2D eigenvalue weighted by Crippen LogP contribution is -2.02. The largest absolute Gasteiger partial charge is 0.339 e. The van der Waals surface area contributed by atoms with Crippen LogP contribution in [0.4, 0.5) is 0 Å². The van der Waals surface area contributed by atoms with E-state index in [9.17, 15) is 0 Å². The highest BCUT2D eigenvalue weighted by molar-refractivity contribution is 5.09. The minimum atomic E-state index is 0.383. The minimum Gasteiger partial charge on any atom is -0.339 e. The number of hydrogen-bond acceptors (Lipinski definition) is 4. The maximum atomic E-state index is 5.23. The average molecular weight is 232 g/mol. The van der Waals surface area contributed by atoms with Crippen LogP contribution in [0.3, 0.4) is 0 Å². The topological polar surface area (TPSA) is 56.7 Å². The molecule has 2 aromatic heterocycles. The number of rotatable bonds is 4. The van der Waals surface area contributed by atoms with Gasteiger partial charge in [-0.25, -0.2) is 0 Å². The summed E-state index contributed by atoms with van der Waals surface area (Å²) in [7, 11) is 0. The zero-order valence-electron chi connectivity index (χ0n) is 10.1. The molecular weight excluding hydrogens is 216 g/mol. The second-order valence-corrected chi connectivity index (χ2v) is 4.88. The summed E-state index contributed by atoms with van der Waals surface area (Å²) in [5, 5.41) is 8.46. The summed E-state index contributed by atoms with van der Waals surface area (Å²) in [6.45, 7) is 4.21. The zero-order chi connectivity index (χ0) is 11.8. The molecule has 2 heterocycles. The smallest absolute Gasteiger partial charge is 0.232 e. The van der Waals surface area contributed by atoms with Crippen molar-refractivity contribution < 1.29 is 4.52 Å². The number of hydrogen-bond donors (Lipinski definition) is 0. The molecule has 0 atom stereocenters. The molecule has 17 heavy (non-hydrogen) atoms. The van der Waals surface area contributed by atoms with Crippen LogP contribution >= 0.6 is 0 Å². The molecule has 1 saturated carbocycles. The highest BCUT2D eigenvalue weighted by Crippen LogP contribution is 2.38. The van der Waals surface area contributed by atoms with E-state index in [2.05, 4.69) is 29.1 Å². The van der Waals surface area contributed by atoms with E-state index in [1.165, 1.54) is 12.8 Å². The molecule has 0 bridgehead atoms. The van der Waals surface area contributed by atoms with Crippen molar-refractivity contribution in [1.29, 1.82) is 0 Å². The summed E-state index contributed by atoms with van der Waals surface area (Å²) >= 11 is 0. The summed E-state index contributed by atoms with van der Waals surface area (Å²) in [6.07, 6.45) is 5.00. The fourth-order valence-electron chi connectivity index (χ4n) is 1.76. The Bertz CT molecular complexity index is 472. The lowest BCUT2D eigenvalue weighted by molar-refractivity contribution is 0.378. The van der Waals surface area contributed by atoms with E-state index in [1.807, 2.05) is 16.9 Å². The second kappa shape index (κ2) is 3.98.